The van der Waals surface area contributed by atoms with Crippen LogP contribution in [0.15, 0.2) is 60.9 Å². The minimum absolute atomic E-state index is 0.0853. The van der Waals surface area contributed by atoms with Crippen LogP contribution in [0.4, 0.5) is 0 Å². The molecule has 1 amide bonds. The monoisotopic (exact) mass is 361 g/mol. The van der Waals surface area contributed by atoms with Crippen molar-refractivity contribution in [3.05, 3.63) is 66.5 Å². The van der Waals surface area contributed by atoms with Crippen LogP contribution in [-0.4, -0.2) is 28.0 Å². The quantitative estimate of drug-likeness (QED) is 0.753. The summed E-state index contributed by atoms with van der Waals surface area (Å²) in [7, 11) is 0. The van der Waals surface area contributed by atoms with Crippen molar-refractivity contribution in [2.45, 2.75) is 44.2 Å². The van der Waals surface area contributed by atoms with Crippen molar-refractivity contribution in [3.63, 3.8) is 0 Å². The Labute approximate surface area is 158 Å². The molecule has 0 bridgehead atoms. The minimum atomic E-state index is 0.0853. The lowest BCUT2D eigenvalue weighted by Gasteiger charge is -2.28. The molecule has 0 spiro atoms. The summed E-state index contributed by atoms with van der Waals surface area (Å²) in [6.07, 6.45) is 7.53. The fraction of sp³-hybridized carbons (Fsp3) is 0.318. The zero-order valence-corrected chi connectivity index (χ0v) is 15.2. The van der Waals surface area contributed by atoms with Crippen molar-refractivity contribution >= 4 is 16.7 Å². The van der Waals surface area contributed by atoms with E-state index in [4.69, 9.17) is 4.74 Å². The van der Waals surface area contributed by atoms with Crippen LogP contribution in [0.5, 0.6) is 6.01 Å². The molecule has 1 N–H and O–H groups in total. The molecule has 1 saturated carbocycles. The Morgan fingerprint density at radius 3 is 2.52 bits per heavy atom. The summed E-state index contributed by atoms with van der Waals surface area (Å²) in [4.78, 5) is 20.8. The molecule has 1 heterocycles. The zero-order chi connectivity index (χ0) is 18.5. The first kappa shape index (κ1) is 17.5. The van der Waals surface area contributed by atoms with Gasteiger partial charge in [0.2, 0.25) is 5.91 Å². The third-order valence-corrected chi connectivity index (χ3v) is 5.08. The zero-order valence-electron chi connectivity index (χ0n) is 15.2. The molecule has 138 valence electrons. The Morgan fingerprint density at radius 2 is 1.70 bits per heavy atom. The Hall–Kier alpha value is -2.95. The summed E-state index contributed by atoms with van der Waals surface area (Å²) >= 11 is 0. The molecule has 0 aliphatic heterocycles. The molecule has 3 aromatic rings. The number of hydrogen-bond donors (Lipinski definition) is 1. The summed E-state index contributed by atoms with van der Waals surface area (Å²) in [5, 5.41) is 5.51. The molecule has 5 nitrogen and oxygen atoms in total. The largest absolute Gasteiger partial charge is 0.460 e. The van der Waals surface area contributed by atoms with Gasteiger partial charge < -0.3 is 10.1 Å². The Morgan fingerprint density at radius 1 is 0.963 bits per heavy atom. The maximum atomic E-state index is 12.5. The van der Waals surface area contributed by atoms with Crippen molar-refractivity contribution in [3.8, 4) is 6.01 Å². The van der Waals surface area contributed by atoms with Crippen LogP contribution >= 0.6 is 0 Å². The summed E-state index contributed by atoms with van der Waals surface area (Å²) in [5.74, 6) is 0.0853. The van der Waals surface area contributed by atoms with Crippen LogP contribution in [-0.2, 0) is 11.2 Å². The molecule has 4 rings (SSSR count). The number of carbonyl (C=O) groups excluding carboxylic acids is 1. The van der Waals surface area contributed by atoms with E-state index in [9.17, 15) is 4.79 Å². The predicted molar refractivity (Wildman–Crippen MR) is 104 cm³/mol. The second kappa shape index (κ2) is 8.16. The van der Waals surface area contributed by atoms with Gasteiger partial charge in [-0.05, 0) is 48.1 Å². The number of fused-ring (bicyclic) bond motifs is 1. The van der Waals surface area contributed by atoms with Crippen molar-refractivity contribution in [2.24, 2.45) is 0 Å². The third-order valence-electron chi connectivity index (χ3n) is 5.08. The van der Waals surface area contributed by atoms with Gasteiger partial charge in [0.25, 0.3) is 0 Å². The normalized spacial score (nSPS) is 19.6. The van der Waals surface area contributed by atoms with Crippen LogP contribution < -0.4 is 10.1 Å². The van der Waals surface area contributed by atoms with E-state index in [1.165, 1.54) is 5.39 Å². The number of nitrogens with one attached hydrogen (secondary N) is 1. The predicted octanol–water partition coefficient (Wildman–Crippen LogP) is 3.68. The number of amides is 1. The number of nitrogens with zero attached hydrogens (tertiary/aromatic N) is 2. The number of carbonyl (C=O) groups is 1. The van der Waals surface area contributed by atoms with Gasteiger partial charge in [0.15, 0.2) is 0 Å². The van der Waals surface area contributed by atoms with E-state index in [1.54, 1.807) is 18.5 Å². The van der Waals surface area contributed by atoms with E-state index < -0.39 is 0 Å². The Kier molecular flexibility index (Phi) is 5.28. The van der Waals surface area contributed by atoms with Gasteiger partial charge in [0.05, 0.1) is 6.42 Å². The highest BCUT2D eigenvalue weighted by atomic mass is 16.5. The first-order chi connectivity index (χ1) is 13.3. The number of benzene rings is 2. The third kappa shape index (κ3) is 4.42. The van der Waals surface area contributed by atoms with Crippen molar-refractivity contribution < 1.29 is 9.53 Å². The van der Waals surface area contributed by atoms with Gasteiger partial charge >= 0.3 is 6.01 Å². The van der Waals surface area contributed by atoms with Crippen LogP contribution in [0.3, 0.4) is 0 Å². The molecule has 27 heavy (non-hydrogen) atoms. The van der Waals surface area contributed by atoms with Gasteiger partial charge in [-0.25, -0.2) is 9.97 Å². The standard InChI is InChI=1S/C22H23N3O2/c26-21(15-17-7-3-6-16-5-1-2-8-20(16)17)25-18-9-11-19(12-10-18)27-22-23-13-4-14-24-22/h1-8,13-14,18-19H,9-12,15H2,(H,25,26). The maximum Gasteiger partial charge on any atom is 0.316 e. The first-order valence-electron chi connectivity index (χ1n) is 9.47. The molecule has 1 fully saturated rings. The Balaban J connectivity index is 1.29. The van der Waals surface area contributed by atoms with Crippen molar-refractivity contribution in [1.82, 2.24) is 15.3 Å². The fourth-order valence-electron chi connectivity index (χ4n) is 3.72. The van der Waals surface area contributed by atoms with E-state index in [-0.39, 0.29) is 18.1 Å². The van der Waals surface area contributed by atoms with Crippen molar-refractivity contribution in [1.29, 1.82) is 0 Å². The number of rotatable bonds is 5. The number of aromatic nitrogens is 2. The van der Waals surface area contributed by atoms with E-state index in [0.717, 1.165) is 36.6 Å². The molecule has 1 aromatic heterocycles. The minimum Gasteiger partial charge on any atom is -0.460 e. The topological polar surface area (TPSA) is 64.1 Å². The van der Waals surface area contributed by atoms with Crippen LogP contribution in [0.2, 0.25) is 0 Å². The van der Waals surface area contributed by atoms with Gasteiger partial charge in [-0.15, -0.1) is 0 Å². The number of ether oxygens (including phenoxy) is 1. The van der Waals surface area contributed by atoms with Gasteiger partial charge in [0.1, 0.15) is 6.10 Å². The molecular formula is C22H23N3O2. The Bertz CT molecular complexity index is 900. The molecule has 0 unspecified atom stereocenters. The van der Waals surface area contributed by atoms with E-state index in [0.29, 0.717) is 12.4 Å². The molecule has 0 radical (unpaired) electrons. The maximum absolute atomic E-state index is 12.5. The van der Waals surface area contributed by atoms with E-state index >= 15 is 0 Å². The molecule has 0 atom stereocenters. The van der Waals surface area contributed by atoms with E-state index in [2.05, 4.69) is 33.5 Å². The SMILES string of the molecule is O=C(Cc1cccc2ccccc12)NC1CCC(Oc2ncccn2)CC1. The lowest BCUT2D eigenvalue weighted by molar-refractivity contribution is -0.121. The number of hydrogen-bond acceptors (Lipinski definition) is 4. The highest BCUT2D eigenvalue weighted by molar-refractivity contribution is 5.90. The summed E-state index contributed by atoms with van der Waals surface area (Å²) in [6, 6.07) is 16.7. The molecular weight excluding hydrogens is 338 g/mol. The highest BCUT2D eigenvalue weighted by Gasteiger charge is 2.24. The van der Waals surface area contributed by atoms with Gasteiger partial charge in [-0.2, -0.15) is 0 Å². The second-order valence-electron chi connectivity index (χ2n) is 7.01. The average molecular weight is 361 g/mol. The average Bonchev–Trinajstić information content (AvgIpc) is 2.71. The molecule has 1 aliphatic rings. The lowest BCUT2D eigenvalue weighted by Crippen LogP contribution is -2.40. The molecule has 2 aromatic carbocycles. The van der Waals surface area contributed by atoms with Crippen LogP contribution in [0.25, 0.3) is 10.8 Å². The van der Waals surface area contributed by atoms with E-state index in [1.807, 2.05) is 24.3 Å². The van der Waals surface area contributed by atoms with Crippen LogP contribution in [0.1, 0.15) is 31.2 Å². The van der Waals surface area contributed by atoms with Gasteiger partial charge in [0, 0.05) is 18.4 Å². The second-order valence-corrected chi connectivity index (χ2v) is 7.01. The molecule has 5 heteroatoms. The van der Waals surface area contributed by atoms with Gasteiger partial charge in [-0.1, -0.05) is 42.5 Å². The van der Waals surface area contributed by atoms with Crippen molar-refractivity contribution in [2.75, 3.05) is 0 Å². The fourth-order valence-corrected chi connectivity index (χ4v) is 3.72. The summed E-state index contributed by atoms with van der Waals surface area (Å²) < 4.78 is 5.82. The summed E-state index contributed by atoms with van der Waals surface area (Å²) in [6.45, 7) is 0. The summed E-state index contributed by atoms with van der Waals surface area (Å²) in [5.41, 5.74) is 1.07. The lowest BCUT2D eigenvalue weighted by atomic mass is 9.92. The van der Waals surface area contributed by atoms with Crippen LogP contribution in [0, 0.1) is 0 Å². The highest BCUT2D eigenvalue weighted by Crippen LogP contribution is 2.23. The molecule has 0 saturated heterocycles. The van der Waals surface area contributed by atoms with Gasteiger partial charge in [-0.3, -0.25) is 4.79 Å². The molecule has 1 aliphatic carbocycles. The first-order valence-corrected chi connectivity index (χ1v) is 9.47. The smallest absolute Gasteiger partial charge is 0.316 e.